The zero-order chi connectivity index (χ0) is 21.8. The number of benzene rings is 1. The number of carbonyl (C=O) groups is 3. The zero-order valence-corrected chi connectivity index (χ0v) is 17.7. The molecule has 1 aromatic carbocycles. The van der Waals surface area contributed by atoms with Gasteiger partial charge in [0.2, 0.25) is 5.91 Å². The molecule has 0 aromatic heterocycles. The maximum atomic E-state index is 12.6. The van der Waals surface area contributed by atoms with Crippen LogP contribution in [0, 0.1) is 0 Å². The number of hydrogen-bond acceptors (Lipinski definition) is 6. The smallest absolute Gasteiger partial charge is 0.258 e. The molecule has 0 aliphatic heterocycles. The molecule has 0 bridgehead atoms. The van der Waals surface area contributed by atoms with Gasteiger partial charge in [-0.05, 0) is 38.5 Å². The lowest BCUT2D eigenvalue weighted by Gasteiger charge is -2.18. The van der Waals surface area contributed by atoms with Crippen molar-refractivity contribution in [1.82, 2.24) is 15.5 Å². The van der Waals surface area contributed by atoms with Crippen molar-refractivity contribution in [2.45, 2.75) is 26.3 Å². The first-order valence-electron chi connectivity index (χ1n) is 9.39. The minimum Gasteiger partial charge on any atom is -0.493 e. The minimum atomic E-state index is -0.334. The minimum absolute atomic E-state index is 0.0145. The van der Waals surface area contributed by atoms with Gasteiger partial charge in [0.05, 0.1) is 13.7 Å². The molecule has 29 heavy (non-hydrogen) atoms. The van der Waals surface area contributed by atoms with Gasteiger partial charge in [0, 0.05) is 38.9 Å². The van der Waals surface area contributed by atoms with E-state index in [1.807, 2.05) is 13.8 Å². The number of ether oxygens (including phenoxy) is 3. The van der Waals surface area contributed by atoms with E-state index in [0.29, 0.717) is 36.6 Å². The van der Waals surface area contributed by atoms with Gasteiger partial charge >= 0.3 is 0 Å². The molecule has 0 fully saturated rings. The fourth-order valence-electron chi connectivity index (χ4n) is 2.43. The van der Waals surface area contributed by atoms with E-state index in [0.717, 1.165) is 0 Å². The second-order valence-corrected chi connectivity index (χ2v) is 6.73. The lowest BCUT2D eigenvalue weighted by atomic mass is 10.1. The largest absolute Gasteiger partial charge is 0.493 e. The van der Waals surface area contributed by atoms with Crippen LogP contribution in [0.4, 0.5) is 0 Å². The van der Waals surface area contributed by atoms with Crippen LogP contribution in [0.25, 0.3) is 0 Å². The second kappa shape index (κ2) is 12.6. The van der Waals surface area contributed by atoms with Crippen LogP contribution in [0.3, 0.4) is 0 Å². The van der Waals surface area contributed by atoms with Crippen LogP contribution < -0.4 is 20.1 Å². The van der Waals surface area contributed by atoms with Gasteiger partial charge in [-0.2, -0.15) is 0 Å². The molecule has 0 saturated heterocycles. The van der Waals surface area contributed by atoms with Gasteiger partial charge in [0.25, 0.3) is 11.8 Å². The average Bonchev–Trinajstić information content (AvgIpc) is 2.68. The predicted octanol–water partition coefficient (Wildman–Crippen LogP) is 0.823. The van der Waals surface area contributed by atoms with Crippen molar-refractivity contribution in [3.8, 4) is 11.5 Å². The summed E-state index contributed by atoms with van der Waals surface area (Å²) in [5.74, 6) is -0.162. The van der Waals surface area contributed by atoms with Crippen molar-refractivity contribution in [3.05, 3.63) is 23.8 Å². The Labute approximate surface area is 171 Å². The molecule has 0 saturated carbocycles. The van der Waals surface area contributed by atoms with Crippen LogP contribution in [-0.2, 0) is 14.3 Å². The Balaban J connectivity index is 2.67. The summed E-state index contributed by atoms with van der Waals surface area (Å²) in [7, 11) is 4.59. The van der Waals surface area contributed by atoms with E-state index in [-0.39, 0.29) is 36.9 Å². The van der Waals surface area contributed by atoms with Crippen molar-refractivity contribution < 1.29 is 28.6 Å². The fraction of sp³-hybridized carbons (Fsp3) is 0.550. The molecule has 2 N–H and O–H groups in total. The molecule has 0 atom stereocenters. The van der Waals surface area contributed by atoms with Gasteiger partial charge in [-0.3, -0.25) is 14.4 Å². The van der Waals surface area contributed by atoms with Gasteiger partial charge in [-0.15, -0.1) is 0 Å². The van der Waals surface area contributed by atoms with Crippen LogP contribution in [-0.4, -0.2) is 76.2 Å². The molecular weight excluding hydrogens is 378 g/mol. The molecule has 0 radical (unpaired) electrons. The topological polar surface area (TPSA) is 106 Å². The Bertz CT molecular complexity index is 693. The molecule has 9 nitrogen and oxygen atoms in total. The van der Waals surface area contributed by atoms with Crippen LogP contribution in [0.1, 0.15) is 30.6 Å². The number of amides is 3. The Morgan fingerprint density at radius 2 is 1.83 bits per heavy atom. The number of hydrogen-bond donors (Lipinski definition) is 2. The quantitative estimate of drug-likeness (QED) is 0.495. The highest BCUT2D eigenvalue weighted by Crippen LogP contribution is 2.28. The molecule has 0 unspecified atom stereocenters. The lowest BCUT2D eigenvalue weighted by molar-refractivity contribution is -0.123. The highest BCUT2D eigenvalue weighted by Gasteiger charge is 2.17. The Hall–Kier alpha value is -2.81. The van der Waals surface area contributed by atoms with Crippen molar-refractivity contribution >= 4 is 17.7 Å². The summed E-state index contributed by atoms with van der Waals surface area (Å²) in [6, 6.07) is 4.66. The first kappa shape index (κ1) is 24.2. The Morgan fingerprint density at radius 1 is 1.10 bits per heavy atom. The summed E-state index contributed by atoms with van der Waals surface area (Å²) in [6.07, 6.45) is 0.702. The first-order valence-corrected chi connectivity index (χ1v) is 9.39. The Morgan fingerprint density at radius 3 is 2.45 bits per heavy atom. The molecule has 0 aliphatic rings. The molecule has 0 heterocycles. The van der Waals surface area contributed by atoms with E-state index in [9.17, 15) is 14.4 Å². The van der Waals surface area contributed by atoms with Gasteiger partial charge in [-0.1, -0.05) is 0 Å². The molecule has 1 rings (SSSR count). The number of nitrogens with one attached hydrogen (secondary N) is 2. The van der Waals surface area contributed by atoms with E-state index < -0.39 is 0 Å². The molecule has 9 heteroatoms. The fourth-order valence-corrected chi connectivity index (χ4v) is 2.43. The summed E-state index contributed by atoms with van der Waals surface area (Å²) in [6.45, 7) is 4.53. The van der Waals surface area contributed by atoms with Crippen LogP contribution in [0.5, 0.6) is 11.5 Å². The van der Waals surface area contributed by atoms with Crippen molar-refractivity contribution in [2.24, 2.45) is 0 Å². The van der Waals surface area contributed by atoms with E-state index in [4.69, 9.17) is 14.2 Å². The summed E-state index contributed by atoms with van der Waals surface area (Å²) in [4.78, 5) is 37.6. The highest BCUT2D eigenvalue weighted by molar-refractivity contribution is 5.97. The first-order chi connectivity index (χ1) is 13.8. The van der Waals surface area contributed by atoms with Crippen LogP contribution in [0.2, 0.25) is 0 Å². The van der Waals surface area contributed by atoms with Crippen molar-refractivity contribution in [2.75, 3.05) is 47.6 Å². The summed E-state index contributed by atoms with van der Waals surface area (Å²) < 4.78 is 15.7. The monoisotopic (exact) mass is 409 g/mol. The second-order valence-electron chi connectivity index (χ2n) is 6.73. The van der Waals surface area contributed by atoms with E-state index in [1.54, 1.807) is 26.3 Å². The number of likely N-dealkylation sites (N-methyl/N-ethyl adjacent to an activating group) is 1. The third kappa shape index (κ3) is 8.82. The normalized spacial score (nSPS) is 10.4. The maximum Gasteiger partial charge on any atom is 0.258 e. The summed E-state index contributed by atoms with van der Waals surface area (Å²) >= 11 is 0. The van der Waals surface area contributed by atoms with E-state index in [1.165, 1.54) is 18.1 Å². The summed E-state index contributed by atoms with van der Waals surface area (Å²) in [5.41, 5.74) is 0.343. The lowest BCUT2D eigenvalue weighted by Crippen LogP contribution is -2.38. The SMILES string of the molecule is COCCCNC(=O)CN(C)C(=O)c1ccc(OCC(=O)NC(C)C)c(OC)c1. The predicted molar refractivity (Wildman–Crippen MR) is 108 cm³/mol. The average molecular weight is 409 g/mol. The molecular formula is C20H31N3O6. The molecule has 162 valence electrons. The molecule has 0 aliphatic carbocycles. The number of carbonyl (C=O) groups excluding carboxylic acids is 3. The Kier molecular flexibility index (Phi) is 10.5. The third-order valence-corrected chi connectivity index (χ3v) is 3.79. The summed E-state index contributed by atoms with van der Waals surface area (Å²) in [5, 5.41) is 5.46. The number of methoxy groups -OCH3 is 2. The number of nitrogens with zero attached hydrogens (tertiary/aromatic N) is 1. The van der Waals surface area contributed by atoms with Gasteiger partial charge < -0.3 is 29.7 Å². The van der Waals surface area contributed by atoms with Crippen molar-refractivity contribution in [1.29, 1.82) is 0 Å². The molecule has 0 spiro atoms. The standard InChI is InChI=1S/C20H31N3O6/c1-14(2)22-19(25)13-29-16-8-7-15(11-17(16)28-5)20(26)23(3)12-18(24)21-9-6-10-27-4/h7-8,11,14H,6,9-10,12-13H2,1-5H3,(H,21,24)(H,22,25). The van der Waals surface area contributed by atoms with Gasteiger partial charge in [0.1, 0.15) is 0 Å². The van der Waals surface area contributed by atoms with Gasteiger partial charge in [-0.25, -0.2) is 0 Å². The zero-order valence-electron chi connectivity index (χ0n) is 17.7. The van der Waals surface area contributed by atoms with E-state index >= 15 is 0 Å². The van der Waals surface area contributed by atoms with Crippen LogP contribution >= 0.6 is 0 Å². The highest BCUT2D eigenvalue weighted by atomic mass is 16.5. The molecule has 3 amide bonds. The molecule has 1 aromatic rings. The van der Waals surface area contributed by atoms with Crippen molar-refractivity contribution in [3.63, 3.8) is 0 Å². The van der Waals surface area contributed by atoms with Gasteiger partial charge in [0.15, 0.2) is 18.1 Å². The van der Waals surface area contributed by atoms with Crippen LogP contribution in [0.15, 0.2) is 18.2 Å². The van der Waals surface area contributed by atoms with E-state index in [2.05, 4.69) is 10.6 Å². The third-order valence-electron chi connectivity index (χ3n) is 3.79. The maximum absolute atomic E-state index is 12.6. The number of rotatable bonds is 12.